The van der Waals surface area contributed by atoms with Gasteiger partial charge in [-0.25, -0.2) is 4.79 Å². The van der Waals surface area contributed by atoms with E-state index >= 15 is 0 Å². The molecule has 0 heterocycles. The van der Waals surface area contributed by atoms with E-state index in [0.29, 0.717) is 13.0 Å². The van der Waals surface area contributed by atoms with Gasteiger partial charge in [-0.15, -0.1) is 0 Å². The average molecular weight is 292 g/mol. The van der Waals surface area contributed by atoms with Gasteiger partial charge in [-0.3, -0.25) is 4.79 Å². The van der Waals surface area contributed by atoms with Crippen molar-refractivity contribution in [2.24, 2.45) is 0 Å². The second-order valence-corrected chi connectivity index (χ2v) is 5.06. The van der Waals surface area contributed by atoms with E-state index in [1.165, 1.54) is 10.5 Å². The molecule has 0 aliphatic heterocycles. The van der Waals surface area contributed by atoms with Crippen LogP contribution in [0.3, 0.4) is 0 Å². The fourth-order valence-corrected chi connectivity index (χ4v) is 2.14. The van der Waals surface area contributed by atoms with Crippen molar-refractivity contribution < 1.29 is 14.7 Å². The fraction of sp³-hybridized carbons (Fsp3) is 0.500. The number of aliphatic carboxylic acids is 1. The normalized spacial score (nSPS) is 11.8. The molecule has 0 aliphatic carbocycles. The van der Waals surface area contributed by atoms with E-state index in [2.05, 4.69) is 12.2 Å². The van der Waals surface area contributed by atoms with Crippen LogP contribution >= 0.6 is 0 Å². The molecule has 116 valence electrons. The topological polar surface area (TPSA) is 69.6 Å². The van der Waals surface area contributed by atoms with Gasteiger partial charge in [-0.2, -0.15) is 0 Å². The van der Waals surface area contributed by atoms with Crippen molar-refractivity contribution in [3.8, 4) is 0 Å². The molecule has 1 rings (SSSR count). The summed E-state index contributed by atoms with van der Waals surface area (Å²) in [5.41, 5.74) is 2.25. The number of hydrogen-bond acceptors (Lipinski definition) is 2. The maximum absolute atomic E-state index is 12.2. The van der Waals surface area contributed by atoms with Crippen molar-refractivity contribution in [3.05, 3.63) is 35.4 Å². The minimum absolute atomic E-state index is 0.109. The lowest BCUT2D eigenvalue weighted by Crippen LogP contribution is -2.47. The summed E-state index contributed by atoms with van der Waals surface area (Å²) in [5.74, 6) is -1.00. The van der Waals surface area contributed by atoms with Crippen molar-refractivity contribution >= 4 is 12.0 Å². The number of aryl methyl sites for hydroxylation is 1. The van der Waals surface area contributed by atoms with Gasteiger partial charge in [0.15, 0.2) is 0 Å². The predicted octanol–water partition coefficient (Wildman–Crippen LogP) is 2.64. The number of urea groups is 1. The zero-order chi connectivity index (χ0) is 15.8. The molecule has 0 aromatic heterocycles. The van der Waals surface area contributed by atoms with Gasteiger partial charge in [0.1, 0.15) is 6.54 Å². The average Bonchev–Trinajstić information content (AvgIpc) is 2.49. The molecule has 0 bridgehead atoms. The molecular formula is C16H24N2O3. The summed E-state index contributed by atoms with van der Waals surface area (Å²) in [5, 5.41) is 11.7. The molecule has 5 heteroatoms. The first kappa shape index (κ1) is 17.0. The Labute approximate surface area is 126 Å². The highest BCUT2D eigenvalue weighted by Crippen LogP contribution is 2.10. The number of hydrogen-bond donors (Lipinski definition) is 2. The van der Waals surface area contributed by atoms with Crippen molar-refractivity contribution in [2.45, 2.75) is 46.2 Å². The molecule has 5 nitrogen and oxygen atoms in total. The van der Waals surface area contributed by atoms with Crippen LogP contribution < -0.4 is 5.32 Å². The van der Waals surface area contributed by atoms with E-state index in [-0.39, 0.29) is 18.6 Å². The van der Waals surface area contributed by atoms with E-state index in [9.17, 15) is 9.59 Å². The molecular weight excluding hydrogens is 268 g/mol. The second-order valence-electron chi connectivity index (χ2n) is 5.06. The Morgan fingerprint density at radius 2 is 1.86 bits per heavy atom. The highest BCUT2D eigenvalue weighted by atomic mass is 16.4. The molecule has 0 saturated carbocycles. The molecule has 0 saturated heterocycles. The quantitative estimate of drug-likeness (QED) is 0.811. The van der Waals surface area contributed by atoms with Gasteiger partial charge in [0, 0.05) is 12.6 Å². The molecule has 21 heavy (non-hydrogen) atoms. The SMILES string of the molecule is CCc1ccccc1CNC(=O)N(CC(=O)O)C(C)CC. The van der Waals surface area contributed by atoms with Crippen molar-refractivity contribution in [2.75, 3.05) is 6.54 Å². The van der Waals surface area contributed by atoms with E-state index in [1.807, 2.05) is 38.1 Å². The lowest BCUT2D eigenvalue weighted by atomic mass is 10.1. The minimum atomic E-state index is -1.00. The number of nitrogens with one attached hydrogen (secondary N) is 1. The van der Waals surface area contributed by atoms with Crippen molar-refractivity contribution in [3.63, 3.8) is 0 Å². The maximum atomic E-state index is 12.2. The number of carbonyl (C=O) groups excluding carboxylic acids is 1. The summed E-state index contributed by atoms with van der Waals surface area (Å²) < 4.78 is 0. The molecule has 0 spiro atoms. The number of amides is 2. The van der Waals surface area contributed by atoms with Crippen LogP contribution in [0.5, 0.6) is 0 Å². The third-order valence-corrected chi connectivity index (χ3v) is 3.62. The zero-order valence-corrected chi connectivity index (χ0v) is 12.9. The molecule has 1 aromatic rings. The predicted molar refractivity (Wildman–Crippen MR) is 82.2 cm³/mol. The Morgan fingerprint density at radius 1 is 1.24 bits per heavy atom. The second kappa shape index (κ2) is 8.29. The summed E-state index contributed by atoms with van der Waals surface area (Å²) >= 11 is 0. The Kier molecular flexibility index (Phi) is 6.72. The smallest absolute Gasteiger partial charge is 0.323 e. The third-order valence-electron chi connectivity index (χ3n) is 3.62. The first-order valence-corrected chi connectivity index (χ1v) is 7.32. The number of carboxylic acid groups (broad SMARTS) is 1. The van der Waals surface area contributed by atoms with Crippen LogP contribution in [0.2, 0.25) is 0 Å². The van der Waals surface area contributed by atoms with Crippen LogP contribution in [-0.2, 0) is 17.8 Å². The van der Waals surface area contributed by atoms with Gasteiger partial charge in [-0.05, 0) is 30.9 Å². The summed E-state index contributed by atoms with van der Waals surface area (Å²) in [4.78, 5) is 24.4. The summed E-state index contributed by atoms with van der Waals surface area (Å²) in [7, 11) is 0. The van der Waals surface area contributed by atoms with Gasteiger partial charge in [0.05, 0.1) is 0 Å². The lowest BCUT2D eigenvalue weighted by Gasteiger charge is -2.27. The van der Waals surface area contributed by atoms with Crippen LogP contribution in [0.15, 0.2) is 24.3 Å². The van der Waals surface area contributed by atoms with Crippen molar-refractivity contribution in [1.29, 1.82) is 0 Å². The number of rotatable bonds is 7. The van der Waals surface area contributed by atoms with E-state index in [0.717, 1.165) is 12.0 Å². The summed E-state index contributed by atoms with van der Waals surface area (Å²) in [6.45, 7) is 5.98. The van der Waals surface area contributed by atoms with Gasteiger partial charge >= 0.3 is 12.0 Å². The molecule has 2 amide bonds. The largest absolute Gasteiger partial charge is 0.480 e. The monoisotopic (exact) mass is 292 g/mol. The number of carbonyl (C=O) groups is 2. The highest BCUT2D eigenvalue weighted by Gasteiger charge is 2.21. The Hall–Kier alpha value is -2.04. The zero-order valence-electron chi connectivity index (χ0n) is 12.9. The van der Waals surface area contributed by atoms with Gasteiger partial charge in [0.25, 0.3) is 0 Å². The number of nitrogens with zero attached hydrogens (tertiary/aromatic N) is 1. The third kappa shape index (κ3) is 5.10. The lowest BCUT2D eigenvalue weighted by molar-refractivity contribution is -0.138. The summed E-state index contributed by atoms with van der Waals surface area (Å²) in [6.07, 6.45) is 1.61. The van der Waals surface area contributed by atoms with E-state index in [1.54, 1.807) is 0 Å². The van der Waals surface area contributed by atoms with Gasteiger partial charge in [0.2, 0.25) is 0 Å². The van der Waals surface area contributed by atoms with Crippen LogP contribution in [-0.4, -0.2) is 34.6 Å². The molecule has 2 N–H and O–H groups in total. The Balaban J connectivity index is 2.71. The van der Waals surface area contributed by atoms with Crippen LogP contribution in [0.25, 0.3) is 0 Å². The van der Waals surface area contributed by atoms with Crippen molar-refractivity contribution in [1.82, 2.24) is 10.2 Å². The molecule has 0 aliphatic rings. The van der Waals surface area contributed by atoms with Crippen LogP contribution in [0.1, 0.15) is 38.3 Å². The molecule has 0 radical (unpaired) electrons. The van der Waals surface area contributed by atoms with E-state index in [4.69, 9.17) is 5.11 Å². The fourth-order valence-electron chi connectivity index (χ4n) is 2.14. The maximum Gasteiger partial charge on any atom is 0.323 e. The molecule has 1 aromatic carbocycles. The van der Waals surface area contributed by atoms with Crippen LogP contribution in [0, 0.1) is 0 Å². The first-order valence-electron chi connectivity index (χ1n) is 7.32. The molecule has 0 fully saturated rings. The highest BCUT2D eigenvalue weighted by molar-refractivity contribution is 5.80. The first-order chi connectivity index (χ1) is 9.99. The molecule has 1 atom stereocenters. The molecule has 1 unspecified atom stereocenters. The standard InChI is InChI=1S/C16H24N2O3/c1-4-12(3)18(11-15(19)20)16(21)17-10-14-9-7-6-8-13(14)5-2/h6-9,12H,4-5,10-11H2,1-3H3,(H,17,21)(H,19,20). The Morgan fingerprint density at radius 3 is 2.38 bits per heavy atom. The van der Waals surface area contributed by atoms with Crippen LogP contribution in [0.4, 0.5) is 4.79 Å². The minimum Gasteiger partial charge on any atom is -0.480 e. The van der Waals surface area contributed by atoms with E-state index < -0.39 is 5.97 Å². The number of benzene rings is 1. The Bertz CT molecular complexity index is 488. The number of carboxylic acids is 1. The van der Waals surface area contributed by atoms with Gasteiger partial charge in [-0.1, -0.05) is 38.1 Å². The van der Waals surface area contributed by atoms with Gasteiger partial charge < -0.3 is 15.3 Å². The summed E-state index contributed by atoms with van der Waals surface area (Å²) in [6, 6.07) is 7.47.